The van der Waals surface area contributed by atoms with E-state index in [1.54, 1.807) is 0 Å². The van der Waals surface area contributed by atoms with E-state index in [-0.39, 0.29) is 34.3 Å². The van der Waals surface area contributed by atoms with Crippen molar-refractivity contribution in [1.29, 1.82) is 0 Å². The number of carbonyl (C=O) groups excluding carboxylic acids is 1. The van der Waals surface area contributed by atoms with Crippen LogP contribution in [0.4, 0.5) is 0 Å². The van der Waals surface area contributed by atoms with Crippen molar-refractivity contribution in [3.05, 3.63) is 28.3 Å². The van der Waals surface area contributed by atoms with Gasteiger partial charge in [-0.1, -0.05) is 11.6 Å². The molecule has 0 atom stereocenters. The summed E-state index contributed by atoms with van der Waals surface area (Å²) < 4.78 is 32.9. The van der Waals surface area contributed by atoms with E-state index in [2.05, 4.69) is 0 Å². The normalized spacial score (nSPS) is 11.4. The van der Waals surface area contributed by atoms with Crippen molar-refractivity contribution in [2.75, 3.05) is 19.8 Å². The van der Waals surface area contributed by atoms with Crippen molar-refractivity contribution in [3.63, 3.8) is 0 Å². The highest BCUT2D eigenvalue weighted by Crippen LogP contribution is 2.24. The molecule has 0 saturated carbocycles. The number of esters is 1. The number of ether oxygens (including phenoxy) is 2. The second-order valence-corrected chi connectivity index (χ2v) is 5.92. The first-order valence-corrected chi connectivity index (χ1v) is 7.77. The maximum atomic E-state index is 11.9. The van der Waals surface area contributed by atoms with E-state index in [1.165, 1.54) is 19.1 Å². The first kappa shape index (κ1) is 16.9. The Labute approximate surface area is 122 Å². The zero-order chi connectivity index (χ0) is 15.3. The lowest BCUT2D eigenvalue weighted by Gasteiger charge is -2.11. The summed E-state index contributed by atoms with van der Waals surface area (Å²) in [5, 5.41) is 5.17. The molecule has 1 rings (SSSR count). The van der Waals surface area contributed by atoms with Gasteiger partial charge in [-0.15, -0.1) is 0 Å². The van der Waals surface area contributed by atoms with Gasteiger partial charge in [-0.2, -0.15) is 0 Å². The van der Waals surface area contributed by atoms with Crippen molar-refractivity contribution in [2.24, 2.45) is 5.14 Å². The van der Waals surface area contributed by atoms with Crippen LogP contribution >= 0.6 is 11.6 Å². The molecule has 0 heterocycles. The van der Waals surface area contributed by atoms with E-state index < -0.39 is 16.0 Å². The van der Waals surface area contributed by atoms with Crippen molar-refractivity contribution in [2.45, 2.75) is 18.7 Å². The Bertz CT molecular complexity index is 600. The van der Waals surface area contributed by atoms with E-state index >= 15 is 0 Å². The van der Waals surface area contributed by atoms with E-state index in [0.29, 0.717) is 6.61 Å². The van der Waals surface area contributed by atoms with Crippen LogP contribution in [0.25, 0.3) is 0 Å². The molecule has 0 amide bonds. The van der Waals surface area contributed by atoms with Gasteiger partial charge in [0.05, 0.1) is 17.1 Å². The Hall–Kier alpha value is -1.15. The second kappa shape index (κ2) is 7.03. The van der Waals surface area contributed by atoms with Gasteiger partial charge in [0.1, 0.15) is 6.61 Å². The van der Waals surface area contributed by atoms with Crippen LogP contribution in [0.3, 0.4) is 0 Å². The lowest BCUT2D eigenvalue weighted by molar-refractivity contribution is 0.0334. The number of benzene rings is 1. The molecule has 2 N–H and O–H groups in total. The van der Waals surface area contributed by atoms with Crippen molar-refractivity contribution < 1.29 is 22.7 Å². The van der Waals surface area contributed by atoms with Crippen LogP contribution in [-0.2, 0) is 19.5 Å². The van der Waals surface area contributed by atoms with Crippen molar-refractivity contribution >= 4 is 27.6 Å². The lowest BCUT2D eigenvalue weighted by Crippen LogP contribution is -2.17. The minimum atomic E-state index is -3.96. The van der Waals surface area contributed by atoms with Crippen LogP contribution < -0.4 is 5.14 Å². The molecule has 112 valence electrons. The zero-order valence-electron chi connectivity index (χ0n) is 11.2. The van der Waals surface area contributed by atoms with Gasteiger partial charge < -0.3 is 9.47 Å². The number of primary sulfonamides is 1. The molecule has 0 bridgehead atoms. The number of nitrogens with two attached hydrogens (primary N) is 1. The summed E-state index contributed by atoms with van der Waals surface area (Å²) in [6.45, 7) is 4.15. The number of carbonyl (C=O) groups is 1. The number of hydrogen-bond acceptors (Lipinski definition) is 5. The molecule has 0 saturated heterocycles. The highest BCUT2D eigenvalue weighted by Gasteiger charge is 2.20. The van der Waals surface area contributed by atoms with E-state index in [4.69, 9.17) is 26.2 Å². The molecular weight excluding hydrogens is 306 g/mol. The smallest absolute Gasteiger partial charge is 0.338 e. The average Bonchev–Trinajstić information content (AvgIpc) is 2.35. The summed E-state index contributed by atoms with van der Waals surface area (Å²) in [6, 6.07) is 2.54. The van der Waals surface area contributed by atoms with E-state index in [0.717, 1.165) is 0 Å². The third-order valence-corrected chi connectivity index (χ3v) is 3.77. The SMILES string of the molecule is CCOCCOC(=O)c1cc(Cl)cc(S(N)(=O)=O)c1C. The molecule has 0 aliphatic carbocycles. The van der Waals surface area contributed by atoms with E-state index in [1.807, 2.05) is 6.92 Å². The maximum absolute atomic E-state index is 11.9. The zero-order valence-corrected chi connectivity index (χ0v) is 12.8. The molecule has 8 heteroatoms. The Morgan fingerprint density at radius 2 is 2.00 bits per heavy atom. The molecule has 1 aromatic carbocycles. The molecule has 0 aliphatic rings. The molecule has 0 spiro atoms. The van der Waals surface area contributed by atoms with Gasteiger partial charge in [-0.3, -0.25) is 0 Å². The molecule has 0 aromatic heterocycles. The third-order valence-electron chi connectivity index (χ3n) is 2.52. The predicted molar refractivity (Wildman–Crippen MR) is 74.3 cm³/mol. The first-order valence-electron chi connectivity index (χ1n) is 5.85. The van der Waals surface area contributed by atoms with Crippen LogP contribution in [-0.4, -0.2) is 34.2 Å². The summed E-state index contributed by atoms with van der Waals surface area (Å²) in [5.41, 5.74) is 0.274. The minimum Gasteiger partial charge on any atom is -0.460 e. The van der Waals surface area contributed by atoms with Crippen molar-refractivity contribution in [3.8, 4) is 0 Å². The third kappa shape index (κ3) is 4.45. The van der Waals surface area contributed by atoms with Crippen LogP contribution in [0.2, 0.25) is 5.02 Å². The average molecular weight is 322 g/mol. The Morgan fingerprint density at radius 3 is 2.55 bits per heavy atom. The topological polar surface area (TPSA) is 95.7 Å². The summed E-state index contributed by atoms with van der Waals surface area (Å²) in [4.78, 5) is 11.7. The second-order valence-electron chi connectivity index (χ2n) is 3.95. The number of hydrogen-bond donors (Lipinski definition) is 1. The molecule has 1 aromatic rings. The molecule has 0 aliphatic heterocycles. The fourth-order valence-corrected chi connectivity index (χ4v) is 2.69. The molecule has 0 radical (unpaired) electrons. The fourth-order valence-electron chi connectivity index (χ4n) is 1.58. The van der Waals surface area contributed by atoms with Gasteiger partial charge in [-0.05, 0) is 31.5 Å². The quantitative estimate of drug-likeness (QED) is 0.632. The monoisotopic (exact) mass is 321 g/mol. The van der Waals surface area contributed by atoms with Gasteiger partial charge in [0.2, 0.25) is 10.0 Å². The van der Waals surface area contributed by atoms with Crippen LogP contribution in [0.1, 0.15) is 22.8 Å². The molecule has 6 nitrogen and oxygen atoms in total. The standard InChI is InChI=1S/C12H16ClNO5S/c1-3-18-4-5-19-12(15)10-6-9(13)7-11(8(10)2)20(14,16)17/h6-7H,3-5H2,1-2H3,(H2,14,16,17). The van der Waals surface area contributed by atoms with Crippen LogP contribution in [0.5, 0.6) is 0 Å². The van der Waals surface area contributed by atoms with E-state index in [9.17, 15) is 13.2 Å². The Morgan fingerprint density at radius 1 is 1.35 bits per heavy atom. The number of rotatable bonds is 6. The van der Waals surface area contributed by atoms with Gasteiger partial charge in [0.15, 0.2) is 0 Å². The fraction of sp³-hybridized carbons (Fsp3) is 0.417. The number of sulfonamides is 1. The summed E-state index contributed by atoms with van der Waals surface area (Å²) in [7, 11) is -3.96. The predicted octanol–water partition coefficient (Wildman–Crippen LogP) is 1.49. The molecular formula is C12H16ClNO5S. The van der Waals surface area contributed by atoms with Gasteiger partial charge in [0.25, 0.3) is 0 Å². The van der Waals surface area contributed by atoms with Gasteiger partial charge in [0, 0.05) is 11.6 Å². The first-order chi connectivity index (χ1) is 9.27. The molecule has 0 unspecified atom stereocenters. The van der Waals surface area contributed by atoms with Crippen LogP contribution in [0, 0.1) is 6.92 Å². The highest BCUT2D eigenvalue weighted by molar-refractivity contribution is 7.89. The van der Waals surface area contributed by atoms with Gasteiger partial charge in [-0.25, -0.2) is 18.4 Å². The molecule has 0 fully saturated rings. The highest BCUT2D eigenvalue weighted by atomic mass is 35.5. The summed E-state index contributed by atoms with van der Waals surface area (Å²) in [6.07, 6.45) is 0. The Kier molecular flexibility index (Phi) is 5.94. The lowest BCUT2D eigenvalue weighted by atomic mass is 10.1. The Balaban J connectivity index is 3.01. The van der Waals surface area contributed by atoms with Gasteiger partial charge >= 0.3 is 5.97 Å². The molecule has 20 heavy (non-hydrogen) atoms. The minimum absolute atomic E-state index is 0.0676. The maximum Gasteiger partial charge on any atom is 0.338 e. The van der Waals surface area contributed by atoms with Crippen molar-refractivity contribution in [1.82, 2.24) is 0 Å². The largest absolute Gasteiger partial charge is 0.460 e. The van der Waals surface area contributed by atoms with Crippen LogP contribution in [0.15, 0.2) is 17.0 Å². The summed E-state index contributed by atoms with van der Waals surface area (Å²) in [5.74, 6) is -0.672. The summed E-state index contributed by atoms with van der Waals surface area (Å²) >= 11 is 5.80. The number of halogens is 1.